The van der Waals surface area contributed by atoms with Gasteiger partial charge in [-0.1, -0.05) is 17.7 Å². The number of benzene rings is 1. The van der Waals surface area contributed by atoms with Crippen LogP contribution < -0.4 is 4.74 Å². The molecule has 0 saturated carbocycles. The van der Waals surface area contributed by atoms with Crippen LogP contribution in [0.4, 0.5) is 0 Å². The molecular formula is C14H18O3. The second-order valence-corrected chi connectivity index (χ2v) is 3.99. The van der Waals surface area contributed by atoms with Gasteiger partial charge < -0.3 is 9.47 Å². The van der Waals surface area contributed by atoms with Crippen molar-refractivity contribution in [1.29, 1.82) is 0 Å². The van der Waals surface area contributed by atoms with Crippen LogP contribution in [0.3, 0.4) is 0 Å². The van der Waals surface area contributed by atoms with Gasteiger partial charge in [0.05, 0.1) is 13.5 Å². The van der Waals surface area contributed by atoms with Crippen LogP contribution in [-0.4, -0.2) is 19.7 Å². The van der Waals surface area contributed by atoms with E-state index in [1.165, 1.54) is 12.7 Å². The summed E-state index contributed by atoms with van der Waals surface area (Å²) in [5.74, 6) is 0.569. The van der Waals surface area contributed by atoms with Crippen molar-refractivity contribution in [3.63, 3.8) is 0 Å². The van der Waals surface area contributed by atoms with E-state index in [1.807, 2.05) is 44.2 Å². The van der Waals surface area contributed by atoms with Gasteiger partial charge in [-0.3, -0.25) is 4.79 Å². The summed E-state index contributed by atoms with van der Waals surface area (Å²) < 4.78 is 10.1. The number of hydrogen-bond donors (Lipinski definition) is 0. The van der Waals surface area contributed by atoms with Crippen molar-refractivity contribution in [1.82, 2.24) is 0 Å². The second kappa shape index (κ2) is 6.74. The fraction of sp³-hybridized carbons (Fsp3) is 0.357. The lowest BCUT2D eigenvalue weighted by Crippen LogP contribution is -2.04. The van der Waals surface area contributed by atoms with Gasteiger partial charge in [-0.05, 0) is 37.6 Å². The molecule has 0 aliphatic carbocycles. The van der Waals surface area contributed by atoms with Crippen LogP contribution in [0.1, 0.15) is 19.4 Å². The van der Waals surface area contributed by atoms with Crippen molar-refractivity contribution < 1.29 is 14.3 Å². The van der Waals surface area contributed by atoms with Crippen LogP contribution in [0, 0.1) is 0 Å². The minimum absolute atomic E-state index is 0.233. The zero-order chi connectivity index (χ0) is 12.7. The highest BCUT2D eigenvalue weighted by Crippen LogP contribution is 2.13. The lowest BCUT2D eigenvalue weighted by atomic mass is 10.1. The van der Waals surface area contributed by atoms with Crippen molar-refractivity contribution in [3.05, 3.63) is 41.5 Å². The van der Waals surface area contributed by atoms with E-state index in [0.717, 1.165) is 11.3 Å². The molecule has 0 aliphatic heterocycles. The van der Waals surface area contributed by atoms with Crippen molar-refractivity contribution in [2.45, 2.75) is 20.3 Å². The molecule has 1 aromatic rings. The lowest BCUT2D eigenvalue weighted by Gasteiger charge is -2.05. The molecule has 0 aromatic heterocycles. The molecule has 0 N–H and O–H groups in total. The molecule has 0 spiro atoms. The predicted octanol–water partition coefficient (Wildman–Crippen LogP) is 2.75. The number of ether oxygens (including phenoxy) is 2. The highest BCUT2D eigenvalue weighted by Gasteiger charge is 2.02. The number of carbonyl (C=O) groups is 1. The Morgan fingerprint density at radius 2 is 1.88 bits per heavy atom. The van der Waals surface area contributed by atoms with Crippen LogP contribution in [0.5, 0.6) is 5.75 Å². The van der Waals surface area contributed by atoms with Gasteiger partial charge >= 0.3 is 5.97 Å². The summed E-state index contributed by atoms with van der Waals surface area (Å²) in [6.07, 6.45) is 2.31. The second-order valence-electron chi connectivity index (χ2n) is 3.99. The maximum Gasteiger partial charge on any atom is 0.309 e. The van der Waals surface area contributed by atoms with E-state index in [-0.39, 0.29) is 5.97 Å². The minimum atomic E-state index is -0.233. The van der Waals surface area contributed by atoms with E-state index in [0.29, 0.717) is 13.0 Å². The van der Waals surface area contributed by atoms with E-state index in [9.17, 15) is 4.79 Å². The Labute approximate surface area is 102 Å². The highest BCUT2D eigenvalue weighted by atomic mass is 16.5. The van der Waals surface area contributed by atoms with Crippen molar-refractivity contribution >= 4 is 5.97 Å². The molecule has 0 unspecified atom stereocenters. The predicted molar refractivity (Wildman–Crippen MR) is 67.1 cm³/mol. The van der Waals surface area contributed by atoms with Crippen molar-refractivity contribution in [2.75, 3.05) is 13.7 Å². The van der Waals surface area contributed by atoms with Crippen LogP contribution in [0.15, 0.2) is 35.9 Å². The molecule has 17 heavy (non-hydrogen) atoms. The maximum absolute atomic E-state index is 11.1. The largest absolute Gasteiger partial charge is 0.490 e. The number of hydrogen-bond acceptors (Lipinski definition) is 3. The van der Waals surface area contributed by atoms with Gasteiger partial charge in [0.2, 0.25) is 0 Å². The van der Waals surface area contributed by atoms with Gasteiger partial charge in [0.15, 0.2) is 0 Å². The first-order valence-electron chi connectivity index (χ1n) is 5.53. The van der Waals surface area contributed by atoms with Crippen LogP contribution >= 0.6 is 0 Å². The Hall–Kier alpha value is -1.77. The summed E-state index contributed by atoms with van der Waals surface area (Å²) >= 11 is 0. The molecule has 1 rings (SSSR count). The molecule has 0 saturated heterocycles. The van der Waals surface area contributed by atoms with Gasteiger partial charge in [-0.15, -0.1) is 0 Å². The Morgan fingerprint density at radius 1 is 1.24 bits per heavy atom. The molecule has 0 aliphatic rings. The lowest BCUT2D eigenvalue weighted by molar-refractivity contribution is -0.139. The zero-order valence-electron chi connectivity index (χ0n) is 10.5. The van der Waals surface area contributed by atoms with Gasteiger partial charge in [0, 0.05) is 0 Å². The summed E-state index contributed by atoms with van der Waals surface area (Å²) in [6.45, 7) is 4.63. The molecule has 0 fully saturated rings. The summed E-state index contributed by atoms with van der Waals surface area (Å²) in [5.41, 5.74) is 2.15. The normalized spacial score (nSPS) is 9.59. The first kappa shape index (κ1) is 13.3. The number of esters is 1. The Morgan fingerprint density at radius 3 is 2.41 bits per heavy atom. The monoisotopic (exact) mass is 234 g/mol. The molecule has 1 aromatic carbocycles. The molecule has 3 heteroatoms. The third-order valence-corrected chi connectivity index (χ3v) is 2.24. The Kier molecular flexibility index (Phi) is 5.27. The first-order chi connectivity index (χ1) is 8.11. The fourth-order valence-electron chi connectivity index (χ4n) is 1.25. The standard InChI is InChI=1S/C14H18O3/c1-11(2)8-9-17-13-6-4-12(5-7-13)10-14(15)16-3/h4-8H,9-10H2,1-3H3. The number of methoxy groups -OCH3 is 1. The topological polar surface area (TPSA) is 35.5 Å². The summed E-state index contributed by atoms with van der Waals surface area (Å²) in [7, 11) is 1.39. The summed E-state index contributed by atoms with van der Waals surface area (Å²) in [5, 5.41) is 0. The third kappa shape index (κ3) is 5.20. The number of carbonyl (C=O) groups excluding carboxylic acids is 1. The molecule has 0 bridgehead atoms. The van der Waals surface area contributed by atoms with E-state index in [2.05, 4.69) is 4.74 Å². The van der Waals surface area contributed by atoms with Gasteiger partial charge in [-0.2, -0.15) is 0 Å². The van der Waals surface area contributed by atoms with E-state index in [1.54, 1.807) is 0 Å². The average molecular weight is 234 g/mol. The van der Waals surface area contributed by atoms with E-state index < -0.39 is 0 Å². The summed E-state index contributed by atoms with van der Waals surface area (Å²) in [6, 6.07) is 7.46. The van der Waals surface area contributed by atoms with Crippen LogP contribution in [-0.2, 0) is 16.0 Å². The van der Waals surface area contributed by atoms with Crippen LogP contribution in [0.25, 0.3) is 0 Å². The van der Waals surface area contributed by atoms with E-state index >= 15 is 0 Å². The fourth-order valence-corrected chi connectivity index (χ4v) is 1.25. The quantitative estimate of drug-likeness (QED) is 0.580. The molecule has 0 heterocycles. The van der Waals surface area contributed by atoms with Crippen molar-refractivity contribution in [2.24, 2.45) is 0 Å². The Bertz CT molecular complexity index is 386. The molecular weight excluding hydrogens is 216 g/mol. The summed E-state index contributed by atoms with van der Waals surface area (Å²) in [4.78, 5) is 11.1. The van der Waals surface area contributed by atoms with Crippen LogP contribution in [0.2, 0.25) is 0 Å². The molecule has 3 nitrogen and oxygen atoms in total. The minimum Gasteiger partial charge on any atom is -0.490 e. The number of allylic oxidation sites excluding steroid dienone is 1. The van der Waals surface area contributed by atoms with Gasteiger partial charge in [0.1, 0.15) is 12.4 Å². The maximum atomic E-state index is 11.1. The van der Waals surface area contributed by atoms with E-state index in [4.69, 9.17) is 4.74 Å². The molecule has 92 valence electrons. The number of rotatable bonds is 5. The molecule has 0 amide bonds. The average Bonchev–Trinajstić information content (AvgIpc) is 2.31. The molecule has 0 atom stereocenters. The molecule has 0 radical (unpaired) electrons. The van der Waals surface area contributed by atoms with Gasteiger partial charge in [0.25, 0.3) is 0 Å². The van der Waals surface area contributed by atoms with Gasteiger partial charge in [-0.25, -0.2) is 0 Å². The zero-order valence-corrected chi connectivity index (χ0v) is 10.5. The van der Waals surface area contributed by atoms with Crippen molar-refractivity contribution in [3.8, 4) is 5.75 Å². The Balaban J connectivity index is 2.50. The SMILES string of the molecule is COC(=O)Cc1ccc(OCC=C(C)C)cc1. The third-order valence-electron chi connectivity index (χ3n) is 2.24. The first-order valence-corrected chi connectivity index (χ1v) is 5.53. The highest BCUT2D eigenvalue weighted by molar-refractivity contribution is 5.72. The smallest absolute Gasteiger partial charge is 0.309 e.